The topological polar surface area (TPSA) is 114 Å². The average Bonchev–Trinajstić information content (AvgIpc) is 3.50. The third-order valence-electron chi connectivity index (χ3n) is 17.1. The molecule has 0 saturated carbocycles. The molecule has 0 rings (SSSR count). The molecule has 0 aromatic heterocycles. The van der Waals surface area contributed by atoms with Crippen LogP contribution in [0.1, 0.15) is 380 Å². The number of nitrogens with zero attached hydrogens (tertiary/aromatic N) is 1. The number of quaternary nitrogens is 1. The molecule has 0 aromatic rings. The number of nitrogens with one attached hydrogen (secondary N) is 1. The summed E-state index contributed by atoms with van der Waals surface area (Å²) in [5.41, 5.74) is 0. The summed E-state index contributed by atoms with van der Waals surface area (Å²) in [5, 5.41) is 3.05. The number of amides is 1. The van der Waals surface area contributed by atoms with Gasteiger partial charge in [0.15, 0.2) is 0 Å². The Kier molecular flexibility index (Phi) is 63.8. The van der Waals surface area contributed by atoms with Gasteiger partial charge in [-0.25, -0.2) is 0 Å². The van der Waals surface area contributed by atoms with Crippen molar-refractivity contribution in [2.75, 3.05) is 40.9 Å². The predicted octanol–water partition coefficient (Wildman–Crippen LogP) is 23.2. The van der Waals surface area contributed by atoms with Gasteiger partial charge in [0.1, 0.15) is 19.3 Å². The first kappa shape index (κ1) is 83.2. The smallest absolute Gasteiger partial charge is 0.306 e. The van der Waals surface area contributed by atoms with Crippen LogP contribution < -0.4 is 10.2 Å². The second-order valence-electron chi connectivity index (χ2n) is 26.8. The van der Waals surface area contributed by atoms with E-state index in [1.165, 1.54) is 283 Å². The summed E-state index contributed by atoms with van der Waals surface area (Å²) in [6.45, 7) is 6.89. The quantitative estimate of drug-likeness (QED) is 0.0212. The van der Waals surface area contributed by atoms with Crippen molar-refractivity contribution in [2.24, 2.45) is 0 Å². The van der Waals surface area contributed by atoms with E-state index in [1.54, 1.807) is 0 Å². The zero-order valence-electron chi connectivity index (χ0n) is 57.6. The van der Waals surface area contributed by atoms with E-state index in [0.29, 0.717) is 17.4 Å². The van der Waals surface area contributed by atoms with Gasteiger partial charge < -0.3 is 28.5 Å². The van der Waals surface area contributed by atoms with Crippen LogP contribution in [0, 0.1) is 0 Å². The molecule has 0 radical (unpaired) electrons. The number of rotatable bonds is 69. The highest BCUT2D eigenvalue weighted by Crippen LogP contribution is 2.38. The third-order valence-corrected chi connectivity index (χ3v) is 18.0. The van der Waals surface area contributed by atoms with E-state index in [9.17, 15) is 19.0 Å². The Morgan fingerprint density at radius 3 is 1.08 bits per heavy atom. The minimum atomic E-state index is -4.70. The fraction of sp³-hybridized carbons (Fsp3) is 0.893. The third kappa shape index (κ3) is 66.5. The minimum absolute atomic E-state index is 0.0201. The van der Waals surface area contributed by atoms with E-state index in [4.69, 9.17) is 13.8 Å². The van der Waals surface area contributed by atoms with E-state index in [1.807, 2.05) is 33.3 Å². The number of likely N-dealkylation sites (N-methyl/N-ethyl adjacent to an activating group) is 1. The van der Waals surface area contributed by atoms with Gasteiger partial charge in [0.2, 0.25) is 5.91 Å². The highest BCUT2D eigenvalue weighted by Gasteiger charge is 2.27. The van der Waals surface area contributed by atoms with Gasteiger partial charge in [0.25, 0.3) is 7.82 Å². The molecule has 0 fully saturated rings. The molecule has 0 heterocycles. The van der Waals surface area contributed by atoms with Gasteiger partial charge in [-0.1, -0.05) is 340 Å². The van der Waals surface area contributed by atoms with E-state index in [-0.39, 0.29) is 31.5 Å². The van der Waals surface area contributed by atoms with E-state index in [0.717, 1.165) is 64.2 Å². The van der Waals surface area contributed by atoms with Crippen molar-refractivity contribution < 1.29 is 37.3 Å². The molecule has 1 amide bonds. The maximum atomic E-state index is 13.6. The number of esters is 1. The second kappa shape index (κ2) is 65.2. The number of hydrogen-bond donors (Lipinski definition) is 1. The Bertz CT molecular complexity index is 1550. The van der Waals surface area contributed by atoms with Gasteiger partial charge in [-0.15, -0.1) is 0 Å². The fourth-order valence-electron chi connectivity index (χ4n) is 11.3. The normalized spacial score (nSPS) is 13.6. The van der Waals surface area contributed by atoms with E-state index < -0.39 is 20.0 Å². The summed E-state index contributed by atoms with van der Waals surface area (Å²) in [5.74, 6) is -0.524. The fourth-order valence-corrected chi connectivity index (χ4v) is 12.0. The average molecular weight is 1220 g/mol. The molecule has 85 heavy (non-hydrogen) atoms. The van der Waals surface area contributed by atoms with Gasteiger partial charge in [-0.3, -0.25) is 14.2 Å². The van der Waals surface area contributed by atoms with Gasteiger partial charge in [-0.2, -0.15) is 0 Å². The molecular formula is C75H145N2O7P. The lowest BCUT2D eigenvalue weighted by atomic mass is 10.0. The van der Waals surface area contributed by atoms with Crippen LogP contribution in [-0.4, -0.2) is 69.4 Å². The van der Waals surface area contributed by atoms with Crippen molar-refractivity contribution in [1.29, 1.82) is 0 Å². The number of allylic oxidation sites excluding steroid dienone is 5. The Balaban J connectivity index is 4.98. The molecule has 3 atom stereocenters. The molecule has 3 unspecified atom stereocenters. The standard InChI is InChI=1S/C75H145N2O7P/c1-7-10-13-16-19-22-25-28-30-32-34-35-36-37-38-39-40-41-43-44-46-49-52-55-58-61-64-67-74(78)76-72(71-83-85(80,81)82-70-69-77(4,5)6)73(66-63-60-57-54-51-48-27-24-21-18-15-12-9-3)84-75(79)68-65-62-59-56-53-50-47-45-42-33-31-29-26-23-20-17-14-11-8-2/h20,23,29,31,63,66,72-73H,7-19,21-22,24-28,30,32-62,64-65,67-71H2,1-6H3,(H-,76,78,80,81)/b23-20-,31-29-,66-63-. The summed E-state index contributed by atoms with van der Waals surface area (Å²) >= 11 is 0. The molecule has 0 aliphatic heterocycles. The van der Waals surface area contributed by atoms with Crippen molar-refractivity contribution in [1.82, 2.24) is 5.32 Å². The van der Waals surface area contributed by atoms with Crippen LogP contribution in [0.15, 0.2) is 36.5 Å². The van der Waals surface area contributed by atoms with Crippen LogP contribution in [-0.2, 0) is 27.9 Å². The number of phosphoric acid groups is 1. The first-order valence-electron chi connectivity index (χ1n) is 37.3. The zero-order valence-corrected chi connectivity index (χ0v) is 58.5. The number of carbonyl (C=O) groups is 2. The summed E-state index contributed by atoms with van der Waals surface area (Å²) in [4.78, 5) is 40.2. The highest BCUT2D eigenvalue weighted by molar-refractivity contribution is 7.45. The Hall–Kier alpha value is -1.77. The molecular weight excluding hydrogens is 1070 g/mol. The van der Waals surface area contributed by atoms with Crippen molar-refractivity contribution in [2.45, 2.75) is 392 Å². The van der Waals surface area contributed by atoms with Gasteiger partial charge in [-0.05, 0) is 63.9 Å². The van der Waals surface area contributed by atoms with Gasteiger partial charge in [0.05, 0.1) is 33.8 Å². The lowest BCUT2D eigenvalue weighted by Gasteiger charge is -2.30. The number of ether oxygens (including phenoxy) is 1. The summed E-state index contributed by atoms with van der Waals surface area (Å²) < 4.78 is 30.5. The second-order valence-corrected chi connectivity index (χ2v) is 28.2. The SMILES string of the molecule is CCCCC/C=C\C/C=C\CCCCCCCCCCCC(=O)OC(/C=C\CCCCCCCCCCCCC)C(COP(=O)([O-])OCC[N+](C)(C)C)NC(=O)CCCCCCCCCCCCCCCCCCCCCCCCCCCCC. The monoisotopic (exact) mass is 1220 g/mol. The van der Waals surface area contributed by atoms with Crippen LogP contribution in [0.5, 0.6) is 0 Å². The van der Waals surface area contributed by atoms with Crippen molar-refractivity contribution in [3.05, 3.63) is 36.5 Å². The summed E-state index contributed by atoms with van der Waals surface area (Å²) in [7, 11) is 1.20. The molecule has 0 aliphatic carbocycles. The summed E-state index contributed by atoms with van der Waals surface area (Å²) in [6, 6.07) is -0.887. The van der Waals surface area contributed by atoms with Gasteiger partial charge in [0, 0.05) is 12.8 Å². The Morgan fingerprint density at radius 1 is 0.412 bits per heavy atom. The predicted molar refractivity (Wildman–Crippen MR) is 367 cm³/mol. The molecule has 0 aromatic carbocycles. The van der Waals surface area contributed by atoms with Crippen molar-refractivity contribution >= 4 is 19.7 Å². The first-order valence-corrected chi connectivity index (χ1v) is 38.8. The Morgan fingerprint density at radius 2 is 0.718 bits per heavy atom. The molecule has 0 spiro atoms. The van der Waals surface area contributed by atoms with Gasteiger partial charge >= 0.3 is 5.97 Å². The summed E-state index contributed by atoms with van der Waals surface area (Å²) in [6.07, 6.45) is 81.3. The van der Waals surface area contributed by atoms with Crippen LogP contribution in [0.4, 0.5) is 0 Å². The van der Waals surface area contributed by atoms with E-state index in [2.05, 4.69) is 50.4 Å². The van der Waals surface area contributed by atoms with Crippen LogP contribution in [0.3, 0.4) is 0 Å². The molecule has 9 nitrogen and oxygen atoms in total. The first-order chi connectivity index (χ1) is 41.4. The van der Waals surface area contributed by atoms with Crippen molar-refractivity contribution in [3.63, 3.8) is 0 Å². The lowest BCUT2D eigenvalue weighted by molar-refractivity contribution is -0.870. The van der Waals surface area contributed by atoms with Crippen LogP contribution >= 0.6 is 7.82 Å². The van der Waals surface area contributed by atoms with E-state index >= 15 is 0 Å². The number of phosphoric ester groups is 1. The molecule has 0 aliphatic rings. The lowest BCUT2D eigenvalue weighted by Crippen LogP contribution is -2.47. The van der Waals surface area contributed by atoms with Crippen LogP contribution in [0.25, 0.3) is 0 Å². The Labute approximate surface area is 529 Å². The molecule has 1 N–H and O–H groups in total. The zero-order chi connectivity index (χ0) is 62.1. The maximum absolute atomic E-state index is 13.6. The molecule has 502 valence electrons. The number of unbranched alkanes of at least 4 members (excludes halogenated alkanes) is 49. The highest BCUT2D eigenvalue weighted by atomic mass is 31.2. The minimum Gasteiger partial charge on any atom is -0.756 e. The maximum Gasteiger partial charge on any atom is 0.306 e. The molecule has 10 heteroatoms. The molecule has 0 saturated heterocycles. The van der Waals surface area contributed by atoms with Crippen molar-refractivity contribution in [3.8, 4) is 0 Å². The molecule has 0 bridgehead atoms. The number of hydrogen-bond acceptors (Lipinski definition) is 7. The number of carbonyl (C=O) groups excluding carboxylic acids is 2. The van der Waals surface area contributed by atoms with Crippen LogP contribution in [0.2, 0.25) is 0 Å². The largest absolute Gasteiger partial charge is 0.756 e.